The average Bonchev–Trinajstić information content (AvgIpc) is 3.05. The molecule has 4 aromatic rings. The van der Waals surface area contributed by atoms with E-state index in [0.29, 0.717) is 52.0 Å². The van der Waals surface area contributed by atoms with Crippen LogP contribution in [0.15, 0.2) is 60.8 Å². The molecule has 1 fully saturated rings. The van der Waals surface area contributed by atoms with Crippen LogP contribution in [-0.4, -0.2) is 62.4 Å². The second-order valence-corrected chi connectivity index (χ2v) is 10.6. The molecule has 5 rings (SSSR count). The number of methoxy groups -OCH3 is 2. The third-order valence-corrected chi connectivity index (χ3v) is 7.69. The van der Waals surface area contributed by atoms with Crippen molar-refractivity contribution in [3.63, 3.8) is 0 Å². The zero-order chi connectivity index (χ0) is 31.9. The van der Waals surface area contributed by atoms with Crippen LogP contribution in [0.4, 0.5) is 10.1 Å². The molecule has 2 amide bonds. The maximum absolute atomic E-state index is 15.5. The number of nitrogens with one attached hydrogen (secondary N) is 1. The molecule has 1 saturated heterocycles. The predicted octanol–water partition coefficient (Wildman–Crippen LogP) is 4.33. The Morgan fingerprint density at radius 3 is 2.42 bits per heavy atom. The fourth-order valence-corrected chi connectivity index (χ4v) is 5.22. The van der Waals surface area contributed by atoms with Gasteiger partial charge in [-0.3, -0.25) is 14.6 Å². The van der Waals surface area contributed by atoms with Crippen LogP contribution in [0.5, 0.6) is 34.5 Å². The van der Waals surface area contributed by atoms with E-state index >= 15 is 4.39 Å². The predicted molar refractivity (Wildman–Crippen MR) is 166 cm³/mol. The molecule has 0 unspecified atom stereocenters. The fraction of sp³-hybridized carbons (Fsp3) is 0.303. The average molecular weight is 619 g/mol. The summed E-state index contributed by atoms with van der Waals surface area (Å²) in [5, 5.41) is 14.0. The minimum absolute atomic E-state index is 0.00991. The van der Waals surface area contributed by atoms with Crippen molar-refractivity contribution in [2.24, 2.45) is 11.7 Å². The molecule has 11 nitrogen and oxygen atoms in total. The second-order valence-electron chi connectivity index (χ2n) is 10.6. The maximum Gasteiger partial charge on any atom is 0.316 e. The van der Waals surface area contributed by atoms with Crippen LogP contribution in [-0.2, 0) is 16.0 Å². The van der Waals surface area contributed by atoms with Crippen molar-refractivity contribution >= 4 is 28.4 Å². The number of carbonyl (C=O) groups excluding carboxylic acids is 2. The number of pyridine rings is 1. The molecular formula is C33H35FN4O7. The lowest BCUT2D eigenvalue weighted by atomic mass is 9.99. The van der Waals surface area contributed by atoms with Crippen molar-refractivity contribution in [2.45, 2.75) is 19.3 Å². The first-order chi connectivity index (χ1) is 21.8. The summed E-state index contributed by atoms with van der Waals surface area (Å²) in [5.74, 6) is -1.01. The topological polar surface area (TPSA) is 145 Å². The van der Waals surface area contributed by atoms with E-state index in [1.165, 1.54) is 25.3 Å². The summed E-state index contributed by atoms with van der Waals surface area (Å²) >= 11 is 0. The van der Waals surface area contributed by atoms with Gasteiger partial charge in [0.25, 0.3) is 0 Å². The highest BCUT2D eigenvalue weighted by Crippen LogP contribution is 2.38. The number of hydrogen-bond acceptors (Lipinski definition) is 9. The second kappa shape index (κ2) is 14.1. The van der Waals surface area contributed by atoms with Gasteiger partial charge in [-0.1, -0.05) is 6.07 Å². The lowest BCUT2D eigenvalue weighted by molar-refractivity contribution is -0.135. The van der Waals surface area contributed by atoms with Gasteiger partial charge < -0.3 is 40.0 Å². The number of nitrogens with two attached hydrogens (primary N) is 1. The molecule has 2 heterocycles. The van der Waals surface area contributed by atoms with Crippen LogP contribution >= 0.6 is 0 Å². The van der Waals surface area contributed by atoms with E-state index in [1.807, 2.05) is 0 Å². The van der Waals surface area contributed by atoms with E-state index in [1.54, 1.807) is 43.6 Å². The van der Waals surface area contributed by atoms with Crippen molar-refractivity contribution in [1.82, 2.24) is 10.3 Å². The lowest BCUT2D eigenvalue weighted by Crippen LogP contribution is -2.41. The van der Waals surface area contributed by atoms with Crippen molar-refractivity contribution in [3.8, 4) is 34.5 Å². The fourth-order valence-electron chi connectivity index (χ4n) is 5.22. The zero-order valence-corrected chi connectivity index (χ0v) is 25.0. The van der Waals surface area contributed by atoms with Gasteiger partial charge in [0.2, 0.25) is 0 Å². The minimum atomic E-state index is -1.19. The smallest absolute Gasteiger partial charge is 0.316 e. The number of carbonyl (C=O) groups is 2. The number of piperidine rings is 1. The summed E-state index contributed by atoms with van der Waals surface area (Å²) in [7, 11) is 2.98. The number of anilines is 1. The molecule has 3 aromatic carbocycles. The molecule has 0 spiro atoms. The molecular weight excluding hydrogens is 583 g/mol. The van der Waals surface area contributed by atoms with Crippen LogP contribution < -0.4 is 34.9 Å². The Morgan fingerprint density at radius 1 is 0.978 bits per heavy atom. The molecule has 0 radical (unpaired) electrons. The van der Waals surface area contributed by atoms with Crippen LogP contribution in [0.1, 0.15) is 18.4 Å². The van der Waals surface area contributed by atoms with Gasteiger partial charge in [-0.15, -0.1) is 0 Å². The quantitative estimate of drug-likeness (QED) is 0.209. The highest BCUT2D eigenvalue weighted by Gasteiger charge is 2.23. The molecule has 0 saturated carbocycles. The number of halogens is 1. The summed E-state index contributed by atoms with van der Waals surface area (Å²) in [4.78, 5) is 30.0. The Labute approximate surface area is 259 Å². The van der Waals surface area contributed by atoms with Gasteiger partial charge in [-0.05, 0) is 80.2 Å². The number of aromatic nitrogens is 1. The first-order valence-electron chi connectivity index (χ1n) is 14.5. The standard InChI is InChI=1S/C33H35FN4O7/c1-42-29-5-3-20(15-26(29)39)10-14-38(33(41)32(35)40)22-4-6-28(24(34)16-22)45-27-9-13-37-25-18-31(30(43-2)17-23(25)27)44-19-21-7-11-36-12-8-21/h3-6,9,13,15-18,21,36,39H,7-8,10-12,14,19H2,1-2H3,(H2,35,40). The molecule has 1 aliphatic rings. The summed E-state index contributed by atoms with van der Waals surface area (Å²) in [6.07, 6.45) is 3.87. The summed E-state index contributed by atoms with van der Waals surface area (Å²) in [6.45, 7) is 2.49. The Balaban J connectivity index is 1.36. The number of amides is 2. The molecule has 0 atom stereocenters. The number of benzene rings is 3. The Hall–Kier alpha value is -5.10. The summed E-state index contributed by atoms with van der Waals surface area (Å²) in [6, 6.07) is 13.8. The van der Waals surface area contributed by atoms with Crippen molar-refractivity contribution in [1.29, 1.82) is 0 Å². The summed E-state index contributed by atoms with van der Waals surface area (Å²) < 4.78 is 38.2. The first-order valence-corrected chi connectivity index (χ1v) is 14.5. The normalized spacial score (nSPS) is 13.3. The first kappa shape index (κ1) is 31.3. The third-order valence-electron chi connectivity index (χ3n) is 7.69. The van der Waals surface area contributed by atoms with E-state index in [-0.39, 0.29) is 30.2 Å². The largest absolute Gasteiger partial charge is 0.504 e. The molecule has 1 aliphatic heterocycles. The number of hydrogen-bond donors (Lipinski definition) is 3. The number of nitrogens with zero attached hydrogens (tertiary/aromatic N) is 2. The van der Waals surface area contributed by atoms with E-state index < -0.39 is 17.6 Å². The van der Waals surface area contributed by atoms with E-state index in [0.717, 1.165) is 36.9 Å². The Bertz CT molecular complexity index is 1690. The van der Waals surface area contributed by atoms with Gasteiger partial charge in [0.15, 0.2) is 34.6 Å². The number of primary amides is 1. The molecule has 236 valence electrons. The lowest BCUT2D eigenvalue weighted by Gasteiger charge is -2.23. The van der Waals surface area contributed by atoms with Gasteiger partial charge in [0.1, 0.15) is 5.75 Å². The number of ether oxygens (including phenoxy) is 4. The van der Waals surface area contributed by atoms with Crippen LogP contribution in [0.3, 0.4) is 0 Å². The van der Waals surface area contributed by atoms with Crippen molar-refractivity contribution in [3.05, 3.63) is 72.2 Å². The van der Waals surface area contributed by atoms with Crippen LogP contribution in [0.25, 0.3) is 10.9 Å². The minimum Gasteiger partial charge on any atom is -0.504 e. The number of phenols is 1. The highest BCUT2D eigenvalue weighted by molar-refractivity contribution is 6.39. The van der Waals surface area contributed by atoms with Crippen molar-refractivity contribution < 1.29 is 38.0 Å². The van der Waals surface area contributed by atoms with Crippen molar-refractivity contribution in [2.75, 3.05) is 45.4 Å². The Morgan fingerprint density at radius 2 is 1.73 bits per heavy atom. The van der Waals surface area contributed by atoms with Gasteiger partial charge in [-0.2, -0.15) is 0 Å². The maximum atomic E-state index is 15.5. The zero-order valence-electron chi connectivity index (χ0n) is 25.0. The number of rotatable bonds is 11. The SMILES string of the molecule is COc1ccc(CCN(C(=O)C(N)=O)c2ccc(Oc3ccnc4cc(OCC5CCNCC5)c(OC)cc34)c(F)c2)cc1O. The van der Waals surface area contributed by atoms with E-state index in [9.17, 15) is 14.7 Å². The molecule has 1 aromatic heterocycles. The van der Waals surface area contributed by atoms with Gasteiger partial charge in [0, 0.05) is 35.9 Å². The van der Waals surface area contributed by atoms with Gasteiger partial charge in [0.05, 0.1) is 26.3 Å². The highest BCUT2D eigenvalue weighted by atomic mass is 19.1. The third kappa shape index (κ3) is 7.35. The van der Waals surface area contributed by atoms with Crippen LogP contribution in [0.2, 0.25) is 0 Å². The molecule has 12 heteroatoms. The molecule has 4 N–H and O–H groups in total. The number of fused-ring (bicyclic) bond motifs is 1. The van der Waals surface area contributed by atoms with E-state index in [2.05, 4.69) is 10.3 Å². The van der Waals surface area contributed by atoms with Gasteiger partial charge >= 0.3 is 11.8 Å². The molecule has 0 aliphatic carbocycles. The van der Waals surface area contributed by atoms with E-state index in [4.69, 9.17) is 24.7 Å². The monoisotopic (exact) mass is 618 g/mol. The van der Waals surface area contributed by atoms with Gasteiger partial charge in [-0.25, -0.2) is 4.39 Å². The molecule has 0 bridgehead atoms. The molecule has 45 heavy (non-hydrogen) atoms. The Kier molecular flexibility index (Phi) is 9.83. The number of aromatic hydroxyl groups is 1. The van der Waals surface area contributed by atoms with Crippen LogP contribution in [0, 0.1) is 11.7 Å². The summed E-state index contributed by atoms with van der Waals surface area (Å²) in [5.41, 5.74) is 6.64. The number of phenolic OH excluding ortho intramolecular Hbond substituents is 1.